The SMILES string of the molecule is Cc1cc2c(N3CCN(CC(=O)OC(C)(C)C)c4cc(-c5cnn(C)c5)ncc43)cc(N3CCOCC3)cc2n(C)c1=O. The molecule has 6 rings (SSSR count). The van der Waals surface area contributed by atoms with Crippen molar-refractivity contribution < 1.29 is 14.3 Å². The van der Waals surface area contributed by atoms with Gasteiger partial charge in [-0.2, -0.15) is 5.10 Å². The number of esters is 1. The highest BCUT2D eigenvalue weighted by molar-refractivity contribution is 5.99. The second-order valence-electron chi connectivity index (χ2n) is 12.3. The van der Waals surface area contributed by atoms with Crippen molar-refractivity contribution in [3.05, 3.63) is 58.8 Å². The average molecular weight is 586 g/mol. The molecule has 43 heavy (non-hydrogen) atoms. The first-order valence-corrected chi connectivity index (χ1v) is 14.7. The molecule has 2 aliphatic heterocycles. The van der Waals surface area contributed by atoms with E-state index in [4.69, 9.17) is 14.5 Å². The molecular weight excluding hydrogens is 546 g/mol. The fraction of sp³-hybridized carbons (Fsp3) is 0.438. The summed E-state index contributed by atoms with van der Waals surface area (Å²) in [5.74, 6) is -0.281. The number of carbonyl (C=O) groups excluding carboxylic acids is 1. The van der Waals surface area contributed by atoms with Crippen molar-refractivity contribution in [3.63, 3.8) is 0 Å². The van der Waals surface area contributed by atoms with E-state index in [1.54, 1.807) is 15.4 Å². The normalized spacial score (nSPS) is 15.6. The van der Waals surface area contributed by atoms with E-state index in [2.05, 4.69) is 31.9 Å². The number of aryl methyl sites for hydroxylation is 3. The zero-order chi connectivity index (χ0) is 30.5. The molecule has 0 aliphatic carbocycles. The number of hydrogen-bond donors (Lipinski definition) is 0. The lowest BCUT2D eigenvalue weighted by Gasteiger charge is -2.39. The zero-order valence-electron chi connectivity index (χ0n) is 25.8. The second kappa shape index (κ2) is 11.0. The van der Waals surface area contributed by atoms with Gasteiger partial charge in [-0.25, -0.2) is 0 Å². The monoisotopic (exact) mass is 585 g/mol. The number of rotatable bonds is 5. The molecule has 0 saturated carbocycles. The summed E-state index contributed by atoms with van der Waals surface area (Å²) in [4.78, 5) is 37.5. The van der Waals surface area contributed by atoms with Crippen molar-refractivity contribution >= 4 is 39.6 Å². The average Bonchev–Trinajstić information content (AvgIpc) is 3.41. The Kier molecular flexibility index (Phi) is 7.37. The quantitative estimate of drug-likeness (QED) is 0.324. The van der Waals surface area contributed by atoms with Crippen LogP contribution in [0.5, 0.6) is 0 Å². The van der Waals surface area contributed by atoms with Gasteiger partial charge in [-0.1, -0.05) is 0 Å². The minimum Gasteiger partial charge on any atom is -0.459 e. The zero-order valence-corrected chi connectivity index (χ0v) is 25.8. The number of nitrogens with zero attached hydrogens (tertiary/aromatic N) is 7. The van der Waals surface area contributed by atoms with Gasteiger partial charge in [0.15, 0.2) is 0 Å². The van der Waals surface area contributed by atoms with Crippen LogP contribution in [-0.4, -0.2) is 76.8 Å². The molecule has 11 heteroatoms. The second-order valence-corrected chi connectivity index (χ2v) is 12.3. The molecule has 0 radical (unpaired) electrons. The predicted molar refractivity (Wildman–Crippen MR) is 168 cm³/mol. The van der Waals surface area contributed by atoms with Gasteiger partial charge in [0.25, 0.3) is 5.56 Å². The van der Waals surface area contributed by atoms with E-state index in [-0.39, 0.29) is 18.1 Å². The highest BCUT2D eigenvalue weighted by Gasteiger charge is 2.30. The lowest BCUT2D eigenvalue weighted by molar-refractivity contribution is -0.153. The molecule has 1 aromatic carbocycles. The number of morpholine rings is 1. The van der Waals surface area contributed by atoms with Crippen molar-refractivity contribution in [2.75, 3.05) is 60.6 Å². The summed E-state index contributed by atoms with van der Waals surface area (Å²) >= 11 is 0. The lowest BCUT2D eigenvalue weighted by atomic mass is 10.0. The van der Waals surface area contributed by atoms with Crippen molar-refractivity contribution in [2.24, 2.45) is 14.1 Å². The van der Waals surface area contributed by atoms with Crippen LogP contribution in [0.15, 0.2) is 47.7 Å². The summed E-state index contributed by atoms with van der Waals surface area (Å²) in [6.07, 6.45) is 5.59. The maximum atomic E-state index is 13.0. The summed E-state index contributed by atoms with van der Waals surface area (Å²) < 4.78 is 14.8. The minimum absolute atomic E-state index is 0.0112. The smallest absolute Gasteiger partial charge is 0.326 e. The number of carbonyl (C=O) groups is 1. The third-order valence-corrected chi connectivity index (χ3v) is 7.98. The van der Waals surface area contributed by atoms with Gasteiger partial charge in [-0.15, -0.1) is 0 Å². The van der Waals surface area contributed by atoms with Crippen LogP contribution >= 0.6 is 0 Å². The summed E-state index contributed by atoms with van der Waals surface area (Å²) in [7, 11) is 3.71. The fourth-order valence-corrected chi connectivity index (χ4v) is 5.93. The molecule has 0 N–H and O–H groups in total. The van der Waals surface area contributed by atoms with Gasteiger partial charge in [0, 0.05) is 68.7 Å². The van der Waals surface area contributed by atoms with Crippen molar-refractivity contribution in [1.29, 1.82) is 0 Å². The topological polar surface area (TPSA) is 98.0 Å². The standard InChI is InChI=1S/C32H39N7O4/c1-21-13-24-26(36(6)31(21)41)14-23(37-9-11-42-12-10-37)15-27(24)39-8-7-38(20-30(40)43-32(2,3)4)28-16-25(33-18-29(28)39)22-17-34-35(5)19-22/h13-19H,7-12,20H2,1-6H3. The molecule has 5 heterocycles. The van der Waals surface area contributed by atoms with E-state index in [9.17, 15) is 9.59 Å². The van der Waals surface area contributed by atoms with Crippen molar-refractivity contribution in [2.45, 2.75) is 33.3 Å². The van der Waals surface area contributed by atoms with Gasteiger partial charge < -0.3 is 28.7 Å². The molecule has 0 spiro atoms. The highest BCUT2D eigenvalue weighted by Crippen LogP contribution is 2.43. The van der Waals surface area contributed by atoms with E-state index in [1.807, 2.05) is 66.3 Å². The van der Waals surface area contributed by atoms with Crippen LogP contribution in [0.3, 0.4) is 0 Å². The van der Waals surface area contributed by atoms with E-state index in [1.165, 1.54) is 0 Å². The van der Waals surface area contributed by atoms with E-state index in [0.29, 0.717) is 31.9 Å². The summed E-state index contributed by atoms with van der Waals surface area (Å²) in [5.41, 5.74) is 6.44. The number of ether oxygens (including phenoxy) is 2. The molecule has 0 atom stereocenters. The van der Waals surface area contributed by atoms with Crippen LogP contribution in [0.1, 0.15) is 26.3 Å². The molecule has 0 amide bonds. The number of pyridine rings is 2. The van der Waals surface area contributed by atoms with E-state index in [0.717, 1.165) is 58.0 Å². The van der Waals surface area contributed by atoms with Crippen LogP contribution in [0, 0.1) is 6.92 Å². The summed E-state index contributed by atoms with van der Waals surface area (Å²) in [6, 6.07) is 8.33. The van der Waals surface area contributed by atoms with Crippen LogP contribution in [0.25, 0.3) is 22.2 Å². The highest BCUT2D eigenvalue weighted by atomic mass is 16.6. The summed E-state index contributed by atoms with van der Waals surface area (Å²) in [6.45, 7) is 11.7. The largest absolute Gasteiger partial charge is 0.459 e. The van der Waals surface area contributed by atoms with Gasteiger partial charge in [0.2, 0.25) is 0 Å². The van der Waals surface area contributed by atoms with E-state index < -0.39 is 5.60 Å². The van der Waals surface area contributed by atoms with Gasteiger partial charge in [0.05, 0.1) is 53.9 Å². The maximum absolute atomic E-state index is 13.0. The van der Waals surface area contributed by atoms with Gasteiger partial charge in [0.1, 0.15) is 12.1 Å². The Morgan fingerprint density at radius 2 is 1.74 bits per heavy atom. The molecule has 226 valence electrons. The van der Waals surface area contributed by atoms with Gasteiger partial charge in [-0.05, 0) is 52.0 Å². The Labute approximate surface area is 251 Å². The molecule has 2 aliphatic rings. The van der Waals surface area contributed by atoms with E-state index >= 15 is 0 Å². The Morgan fingerprint density at radius 3 is 2.44 bits per heavy atom. The number of benzene rings is 1. The number of anilines is 4. The molecule has 3 aromatic heterocycles. The first kappa shape index (κ1) is 28.7. The molecule has 0 unspecified atom stereocenters. The molecule has 11 nitrogen and oxygen atoms in total. The molecule has 0 bridgehead atoms. The molecule has 4 aromatic rings. The molecule has 1 fully saturated rings. The maximum Gasteiger partial charge on any atom is 0.326 e. The fourth-order valence-electron chi connectivity index (χ4n) is 5.93. The number of aromatic nitrogens is 4. The number of hydrogen-bond acceptors (Lipinski definition) is 9. The minimum atomic E-state index is -0.576. The van der Waals surface area contributed by atoms with Crippen LogP contribution < -0.4 is 20.3 Å². The first-order valence-electron chi connectivity index (χ1n) is 14.7. The van der Waals surface area contributed by atoms with Gasteiger partial charge >= 0.3 is 5.97 Å². The Morgan fingerprint density at radius 1 is 0.977 bits per heavy atom. The molecule has 1 saturated heterocycles. The Balaban J connectivity index is 1.50. The third-order valence-electron chi connectivity index (χ3n) is 7.98. The van der Waals surface area contributed by atoms with Crippen LogP contribution in [0.2, 0.25) is 0 Å². The summed E-state index contributed by atoms with van der Waals surface area (Å²) in [5, 5.41) is 5.31. The lowest BCUT2D eigenvalue weighted by Crippen LogP contribution is -2.43. The predicted octanol–water partition coefficient (Wildman–Crippen LogP) is 3.78. The van der Waals surface area contributed by atoms with Crippen LogP contribution in [-0.2, 0) is 28.4 Å². The van der Waals surface area contributed by atoms with Crippen LogP contribution in [0.4, 0.5) is 22.7 Å². The van der Waals surface area contributed by atoms with Crippen molar-refractivity contribution in [3.8, 4) is 11.3 Å². The Bertz CT molecular complexity index is 1750. The molecular formula is C32H39N7O4. The Hall–Kier alpha value is -4.38. The van der Waals surface area contributed by atoms with Gasteiger partial charge in [-0.3, -0.25) is 19.3 Å². The third kappa shape index (κ3) is 5.69. The number of fused-ring (bicyclic) bond motifs is 2. The van der Waals surface area contributed by atoms with Crippen molar-refractivity contribution in [1.82, 2.24) is 19.3 Å². The first-order chi connectivity index (χ1) is 20.5.